The van der Waals surface area contributed by atoms with Gasteiger partial charge in [0.2, 0.25) is 0 Å². The Balaban J connectivity index is 2.09. The molecule has 0 aromatic heterocycles. The lowest BCUT2D eigenvalue weighted by Crippen LogP contribution is -2.17. The highest BCUT2D eigenvalue weighted by atomic mass is 16.5. The van der Waals surface area contributed by atoms with Crippen LogP contribution >= 0.6 is 0 Å². The van der Waals surface area contributed by atoms with Crippen LogP contribution in [0, 0.1) is 0 Å². The SMILES string of the molecule is CCC(C)(C)c1ccc(Oc2ccc(C(=O)NC)cc2)cc1. The Morgan fingerprint density at radius 1 is 1.00 bits per heavy atom. The van der Waals surface area contributed by atoms with Gasteiger partial charge in [0.15, 0.2) is 0 Å². The van der Waals surface area contributed by atoms with Crippen LogP contribution < -0.4 is 10.1 Å². The number of carbonyl (C=O) groups is 1. The van der Waals surface area contributed by atoms with Crippen molar-refractivity contribution in [1.29, 1.82) is 0 Å². The number of nitrogens with one attached hydrogen (secondary N) is 1. The molecular weight excluding hydrogens is 274 g/mol. The first kappa shape index (κ1) is 16.1. The van der Waals surface area contributed by atoms with Crippen molar-refractivity contribution in [2.75, 3.05) is 7.05 Å². The summed E-state index contributed by atoms with van der Waals surface area (Å²) in [6.45, 7) is 6.67. The maximum absolute atomic E-state index is 11.5. The molecule has 22 heavy (non-hydrogen) atoms. The van der Waals surface area contributed by atoms with Gasteiger partial charge in [-0.1, -0.05) is 32.9 Å². The normalized spacial score (nSPS) is 11.1. The predicted molar refractivity (Wildman–Crippen MR) is 89.7 cm³/mol. The Labute approximate surface area is 132 Å². The molecule has 2 rings (SSSR count). The minimum Gasteiger partial charge on any atom is -0.457 e. The monoisotopic (exact) mass is 297 g/mol. The molecule has 0 bridgehead atoms. The fourth-order valence-corrected chi connectivity index (χ4v) is 2.13. The van der Waals surface area contributed by atoms with Crippen molar-refractivity contribution in [3.05, 3.63) is 59.7 Å². The lowest BCUT2D eigenvalue weighted by molar-refractivity contribution is 0.0963. The van der Waals surface area contributed by atoms with Crippen molar-refractivity contribution in [2.45, 2.75) is 32.6 Å². The van der Waals surface area contributed by atoms with Crippen LogP contribution in [0.25, 0.3) is 0 Å². The first-order chi connectivity index (χ1) is 10.5. The summed E-state index contributed by atoms with van der Waals surface area (Å²) in [5, 5.41) is 2.60. The Kier molecular flexibility index (Phi) is 4.86. The fourth-order valence-electron chi connectivity index (χ4n) is 2.13. The molecule has 0 aliphatic heterocycles. The maximum Gasteiger partial charge on any atom is 0.251 e. The zero-order valence-electron chi connectivity index (χ0n) is 13.6. The fraction of sp³-hybridized carbons (Fsp3) is 0.316. The van der Waals surface area contributed by atoms with Crippen LogP contribution in [0.5, 0.6) is 11.5 Å². The summed E-state index contributed by atoms with van der Waals surface area (Å²) >= 11 is 0. The molecule has 0 spiro atoms. The van der Waals surface area contributed by atoms with Crippen molar-refractivity contribution in [1.82, 2.24) is 5.32 Å². The van der Waals surface area contributed by atoms with Gasteiger partial charge < -0.3 is 10.1 Å². The second kappa shape index (κ2) is 6.65. The standard InChI is InChI=1S/C19H23NO2/c1-5-19(2,3)15-8-12-17(13-9-15)22-16-10-6-14(7-11-16)18(21)20-4/h6-13H,5H2,1-4H3,(H,20,21). The Hall–Kier alpha value is -2.29. The van der Waals surface area contributed by atoms with Crippen LogP contribution in [0.1, 0.15) is 43.1 Å². The molecule has 1 N–H and O–H groups in total. The zero-order chi connectivity index (χ0) is 16.2. The quantitative estimate of drug-likeness (QED) is 0.880. The van der Waals surface area contributed by atoms with Gasteiger partial charge >= 0.3 is 0 Å². The van der Waals surface area contributed by atoms with Crippen LogP contribution in [-0.4, -0.2) is 13.0 Å². The smallest absolute Gasteiger partial charge is 0.251 e. The summed E-state index contributed by atoms with van der Waals surface area (Å²) in [6, 6.07) is 15.3. The summed E-state index contributed by atoms with van der Waals surface area (Å²) in [5.74, 6) is 1.41. The Morgan fingerprint density at radius 2 is 1.50 bits per heavy atom. The summed E-state index contributed by atoms with van der Waals surface area (Å²) in [7, 11) is 1.62. The predicted octanol–water partition coefficient (Wildman–Crippen LogP) is 4.53. The van der Waals surface area contributed by atoms with Gasteiger partial charge in [-0.05, 0) is 53.8 Å². The van der Waals surface area contributed by atoms with Gasteiger partial charge in [0.1, 0.15) is 11.5 Å². The molecule has 0 saturated carbocycles. The summed E-state index contributed by atoms with van der Waals surface area (Å²) in [6.07, 6.45) is 1.09. The first-order valence-corrected chi connectivity index (χ1v) is 7.57. The van der Waals surface area contributed by atoms with Gasteiger partial charge in [0, 0.05) is 12.6 Å². The lowest BCUT2D eigenvalue weighted by Gasteiger charge is -2.23. The third-order valence-electron chi connectivity index (χ3n) is 4.10. The number of hydrogen-bond donors (Lipinski definition) is 1. The number of hydrogen-bond acceptors (Lipinski definition) is 2. The van der Waals surface area contributed by atoms with E-state index in [2.05, 4.69) is 38.2 Å². The first-order valence-electron chi connectivity index (χ1n) is 7.57. The average molecular weight is 297 g/mol. The molecule has 0 unspecified atom stereocenters. The highest BCUT2D eigenvalue weighted by molar-refractivity contribution is 5.94. The van der Waals surface area contributed by atoms with Crippen LogP contribution in [0.2, 0.25) is 0 Å². The molecule has 0 aliphatic carbocycles. The Bertz CT molecular complexity index is 627. The topological polar surface area (TPSA) is 38.3 Å². The molecule has 0 fully saturated rings. The van der Waals surface area contributed by atoms with E-state index in [4.69, 9.17) is 4.74 Å². The average Bonchev–Trinajstić information content (AvgIpc) is 2.55. The van der Waals surface area contributed by atoms with Crippen molar-refractivity contribution < 1.29 is 9.53 Å². The van der Waals surface area contributed by atoms with E-state index < -0.39 is 0 Å². The van der Waals surface area contributed by atoms with Gasteiger partial charge in [0.05, 0.1) is 0 Å². The van der Waals surface area contributed by atoms with Crippen LogP contribution in [0.15, 0.2) is 48.5 Å². The molecule has 0 saturated heterocycles. The van der Waals surface area contributed by atoms with Gasteiger partial charge in [-0.25, -0.2) is 0 Å². The molecule has 0 heterocycles. The van der Waals surface area contributed by atoms with Crippen LogP contribution in [-0.2, 0) is 5.41 Å². The van der Waals surface area contributed by atoms with Crippen molar-refractivity contribution in [2.24, 2.45) is 0 Å². The Morgan fingerprint density at radius 3 is 1.95 bits per heavy atom. The van der Waals surface area contributed by atoms with E-state index in [1.165, 1.54) is 5.56 Å². The summed E-state index contributed by atoms with van der Waals surface area (Å²) in [4.78, 5) is 11.5. The van der Waals surface area contributed by atoms with Crippen molar-refractivity contribution >= 4 is 5.91 Å². The third-order valence-corrected chi connectivity index (χ3v) is 4.10. The summed E-state index contributed by atoms with van der Waals surface area (Å²) in [5.41, 5.74) is 2.10. The van der Waals surface area contributed by atoms with E-state index in [0.29, 0.717) is 5.56 Å². The molecule has 116 valence electrons. The minimum atomic E-state index is -0.0994. The minimum absolute atomic E-state index is 0.0994. The molecule has 0 atom stereocenters. The van der Waals surface area contributed by atoms with E-state index in [1.807, 2.05) is 12.1 Å². The van der Waals surface area contributed by atoms with E-state index in [1.54, 1.807) is 31.3 Å². The lowest BCUT2D eigenvalue weighted by atomic mass is 9.82. The molecule has 3 heteroatoms. The van der Waals surface area contributed by atoms with Gasteiger partial charge in [-0.3, -0.25) is 4.79 Å². The number of rotatable bonds is 5. The molecule has 2 aromatic rings. The molecule has 1 amide bonds. The van der Waals surface area contributed by atoms with E-state index in [0.717, 1.165) is 17.9 Å². The van der Waals surface area contributed by atoms with Gasteiger partial charge in [0.25, 0.3) is 5.91 Å². The zero-order valence-corrected chi connectivity index (χ0v) is 13.6. The molecular formula is C19H23NO2. The molecule has 2 aromatic carbocycles. The second-order valence-corrected chi connectivity index (χ2v) is 5.97. The number of benzene rings is 2. The van der Waals surface area contributed by atoms with Crippen LogP contribution in [0.3, 0.4) is 0 Å². The van der Waals surface area contributed by atoms with E-state index in [9.17, 15) is 4.79 Å². The summed E-state index contributed by atoms with van der Waals surface area (Å²) < 4.78 is 5.82. The molecule has 0 radical (unpaired) electrons. The van der Waals surface area contributed by atoms with E-state index in [-0.39, 0.29) is 11.3 Å². The highest BCUT2D eigenvalue weighted by Gasteiger charge is 2.17. The molecule has 0 aliphatic rings. The van der Waals surface area contributed by atoms with Gasteiger partial charge in [-0.15, -0.1) is 0 Å². The number of carbonyl (C=O) groups excluding carboxylic acids is 1. The van der Waals surface area contributed by atoms with Gasteiger partial charge in [-0.2, -0.15) is 0 Å². The van der Waals surface area contributed by atoms with E-state index >= 15 is 0 Å². The maximum atomic E-state index is 11.5. The van der Waals surface area contributed by atoms with Crippen molar-refractivity contribution in [3.8, 4) is 11.5 Å². The van der Waals surface area contributed by atoms with Crippen LogP contribution in [0.4, 0.5) is 0 Å². The number of amides is 1. The number of ether oxygens (including phenoxy) is 1. The second-order valence-electron chi connectivity index (χ2n) is 5.97. The largest absolute Gasteiger partial charge is 0.457 e. The molecule has 3 nitrogen and oxygen atoms in total. The third kappa shape index (κ3) is 3.67. The van der Waals surface area contributed by atoms with Crippen molar-refractivity contribution in [3.63, 3.8) is 0 Å². The highest BCUT2D eigenvalue weighted by Crippen LogP contribution is 2.29.